The molecule has 2 aromatic rings. The van der Waals surface area contributed by atoms with Gasteiger partial charge in [0.15, 0.2) is 0 Å². The zero-order valence-corrected chi connectivity index (χ0v) is 13.3. The Hall–Kier alpha value is -1.77. The molecule has 0 aromatic heterocycles. The molecule has 0 aliphatic carbocycles. The number of aryl methyl sites for hydroxylation is 2. The van der Waals surface area contributed by atoms with Crippen LogP contribution in [0, 0.1) is 13.8 Å². The van der Waals surface area contributed by atoms with Crippen LogP contribution in [0.2, 0.25) is 10.0 Å². The Morgan fingerprint density at radius 1 is 1.10 bits per heavy atom. The molecule has 2 aromatic carbocycles. The highest BCUT2D eigenvalue weighted by Gasteiger charge is 2.07. The molecule has 0 bridgehead atoms. The summed E-state index contributed by atoms with van der Waals surface area (Å²) < 4.78 is 0. The van der Waals surface area contributed by atoms with E-state index in [4.69, 9.17) is 23.2 Å². The van der Waals surface area contributed by atoms with Gasteiger partial charge in [0.05, 0.1) is 10.7 Å². The average Bonchev–Trinajstić information content (AvgIpc) is 2.42. The zero-order chi connectivity index (χ0) is 15.4. The van der Waals surface area contributed by atoms with Crippen LogP contribution in [0.1, 0.15) is 16.7 Å². The van der Waals surface area contributed by atoms with Crippen molar-refractivity contribution in [2.24, 2.45) is 0 Å². The molecule has 108 valence electrons. The van der Waals surface area contributed by atoms with E-state index in [0.717, 1.165) is 16.7 Å². The molecule has 0 spiro atoms. The van der Waals surface area contributed by atoms with E-state index >= 15 is 0 Å². The fourth-order valence-electron chi connectivity index (χ4n) is 2.01. The van der Waals surface area contributed by atoms with Gasteiger partial charge in [-0.3, -0.25) is 4.79 Å². The van der Waals surface area contributed by atoms with Crippen molar-refractivity contribution in [2.45, 2.75) is 13.8 Å². The summed E-state index contributed by atoms with van der Waals surface area (Å²) in [7, 11) is 0. The van der Waals surface area contributed by atoms with Crippen LogP contribution < -0.4 is 5.32 Å². The first-order valence-corrected chi connectivity index (χ1v) is 7.23. The highest BCUT2D eigenvalue weighted by Crippen LogP contribution is 2.27. The van der Waals surface area contributed by atoms with E-state index in [-0.39, 0.29) is 5.91 Å². The largest absolute Gasteiger partial charge is 0.321 e. The van der Waals surface area contributed by atoms with Crippen molar-refractivity contribution < 1.29 is 4.79 Å². The topological polar surface area (TPSA) is 29.1 Å². The van der Waals surface area contributed by atoms with E-state index in [1.165, 1.54) is 6.08 Å². The first-order chi connectivity index (χ1) is 9.97. The minimum absolute atomic E-state index is 0.247. The van der Waals surface area contributed by atoms with Crippen LogP contribution in [0.4, 0.5) is 5.69 Å². The van der Waals surface area contributed by atoms with Gasteiger partial charge in [-0.15, -0.1) is 0 Å². The van der Waals surface area contributed by atoms with Gasteiger partial charge in [-0.1, -0.05) is 47.5 Å². The quantitative estimate of drug-likeness (QED) is 0.768. The Morgan fingerprint density at radius 2 is 1.81 bits per heavy atom. The third-order valence-electron chi connectivity index (χ3n) is 3.00. The normalized spacial score (nSPS) is 10.9. The number of carbonyl (C=O) groups is 1. The molecule has 21 heavy (non-hydrogen) atoms. The minimum Gasteiger partial charge on any atom is -0.321 e. The van der Waals surface area contributed by atoms with Crippen LogP contribution in [-0.2, 0) is 4.79 Å². The van der Waals surface area contributed by atoms with E-state index in [9.17, 15) is 4.79 Å². The molecule has 0 saturated heterocycles. The van der Waals surface area contributed by atoms with E-state index in [0.29, 0.717) is 15.7 Å². The number of carbonyl (C=O) groups excluding carboxylic acids is 1. The lowest BCUT2D eigenvalue weighted by molar-refractivity contribution is -0.111. The van der Waals surface area contributed by atoms with Crippen molar-refractivity contribution >= 4 is 40.9 Å². The molecule has 0 radical (unpaired) electrons. The molecule has 2 nitrogen and oxygen atoms in total. The summed E-state index contributed by atoms with van der Waals surface area (Å²) in [4.78, 5) is 12.0. The van der Waals surface area contributed by atoms with Crippen LogP contribution in [0.25, 0.3) is 6.08 Å². The molecule has 0 atom stereocenters. The lowest BCUT2D eigenvalue weighted by Crippen LogP contribution is -2.09. The number of amides is 1. The lowest BCUT2D eigenvalue weighted by Gasteiger charge is -2.10. The number of hydrogen-bond donors (Lipinski definition) is 1. The maximum Gasteiger partial charge on any atom is 0.248 e. The smallest absolute Gasteiger partial charge is 0.248 e. The Bertz CT molecular complexity index is 685. The minimum atomic E-state index is -0.247. The molecular weight excluding hydrogens is 305 g/mol. The molecule has 0 fully saturated rings. The van der Waals surface area contributed by atoms with Crippen LogP contribution in [-0.4, -0.2) is 5.91 Å². The maximum atomic E-state index is 12.0. The number of halogens is 2. The van der Waals surface area contributed by atoms with Crippen LogP contribution >= 0.6 is 23.2 Å². The molecule has 0 saturated carbocycles. The summed E-state index contributed by atoms with van der Waals surface area (Å²) >= 11 is 12.2. The van der Waals surface area contributed by atoms with Crippen molar-refractivity contribution in [3.8, 4) is 0 Å². The van der Waals surface area contributed by atoms with Gasteiger partial charge in [-0.2, -0.15) is 0 Å². The van der Waals surface area contributed by atoms with E-state index in [1.807, 2.05) is 44.2 Å². The van der Waals surface area contributed by atoms with Crippen LogP contribution in [0.5, 0.6) is 0 Å². The van der Waals surface area contributed by atoms with Crippen molar-refractivity contribution in [3.05, 3.63) is 69.2 Å². The van der Waals surface area contributed by atoms with Gasteiger partial charge in [-0.25, -0.2) is 0 Å². The zero-order valence-electron chi connectivity index (χ0n) is 11.8. The second kappa shape index (κ2) is 6.79. The van der Waals surface area contributed by atoms with Crippen molar-refractivity contribution in [1.29, 1.82) is 0 Å². The second-order valence-electron chi connectivity index (χ2n) is 4.78. The predicted octanol–water partition coefficient (Wildman–Crippen LogP) is 5.26. The van der Waals surface area contributed by atoms with Gasteiger partial charge in [0.1, 0.15) is 0 Å². The summed E-state index contributed by atoms with van der Waals surface area (Å²) in [5.74, 6) is -0.247. The molecule has 0 aliphatic heterocycles. The average molecular weight is 320 g/mol. The molecule has 4 heteroatoms. The second-order valence-corrected chi connectivity index (χ2v) is 5.60. The fourth-order valence-corrected chi connectivity index (χ4v) is 2.58. The van der Waals surface area contributed by atoms with Crippen molar-refractivity contribution in [3.63, 3.8) is 0 Å². The summed E-state index contributed by atoms with van der Waals surface area (Å²) in [6, 6.07) is 11.1. The summed E-state index contributed by atoms with van der Waals surface area (Å²) in [5.41, 5.74) is 3.42. The van der Waals surface area contributed by atoms with E-state index in [1.54, 1.807) is 12.1 Å². The molecule has 0 unspecified atom stereocenters. The van der Waals surface area contributed by atoms with Crippen molar-refractivity contribution in [2.75, 3.05) is 5.32 Å². The third kappa shape index (κ3) is 4.10. The number of nitrogens with one attached hydrogen (secondary N) is 1. The molecule has 0 aliphatic rings. The molecule has 0 heterocycles. The first kappa shape index (κ1) is 15.6. The van der Waals surface area contributed by atoms with E-state index in [2.05, 4.69) is 5.32 Å². The Balaban J connectivity index is 2.15. The Morgan fingerprint density at radius 3 is 2.48 bits per heavy atom. The lowest BCUT2D eigenvalue weighted by atomic mass is 10.1. The van der Waals surface area contributed by atoms with Gasteiger partial charge >= 0.3 is 0 Å². The van der Waals surface area contributed by atoms with Gasteiger partial charge in [0, 0.05) is 11.1 Å². The summed E-state index contributed by atoms with van der Waals surface area (Å²) in [6.07, 6.45) is 3.12. The number of benzene rings is 2. The SMILES string of the molecule is Cc1cc(C)c(NC(=O)C=Cc2ccccc2Cl)c(Cl)c1. The van der Waals surface area contributed by atoms with Gasteiger partial charge in [0.25, 0.3) is 0 Å². The van der Waals surface area contributed by atoms with Crippen molar-refractivity contribution in [1.82, 2.24) is 0 Å². The maximum absolute atomic E-state index is 12.0. The third-order valence-corrected chi connectivity index (χ3v) is 3.64. The standard InChI is InChI=1S/C17H15Cl2NO/c1-11-9-12(2)17(15(19)10-11)20-16(21)8-7-13-5-3-4-6-14(13)18/h3-10H,1-2H3,(H,20,21). The first-order valence-electron chi connectivity index (χ1n) is 6.47. The number of anilines is 1. The molecule has 1 amide bonds. The van der Waals surface area contributed by atoms with Crippen LogP contribution in [0.3, 0.4) is 0 Å². The summed E-state index contributed by atoms with van der Waals surface area (Å²) in [5, 5.41) is 3.93. The monoisotopic (exact) mass is 319 g/mol. The van der Waals surface area contributed by atoms with E-state index < -0.39 is 0 Å². The fraction of sp³-hybridized carbons (Fsp3) is 0.118. The molecule has 1 N–H and O–H groups in total. The van der Waals surface area contributed by atoms with Gasteiger partial charge in [-0.05, 0) is 48.7 Å². The highest BCUT2D eigenvalue weighted by molar-refractivity contribution is 6.34. The Labute approximate surface area is 134 Å². The van der Waals surface area contributed by atoms with Gasteiger partial charge < -0.3 is 5.32 Å². The highest BCUT2D eigenvalue weighted by atomic mass is 35.5. The number of rotatable bonds is 3. The molecule has 2 rings (SSSR count). The van der Waals surface area contributed by atoms with Crippen LogP contribution in [0.15, 0.2) is 42.5 Å². The predicted molar refractivity (Wildman–Crippen MR) is 90.0 cm³/mol. The summed E-state index contributed by atoms with van der Waals surface area (Å²) in [6.45, 7) is 3.87. The molecular formula is C17H15Cl2NO. The van der Waals surface area contributed by atoms with Gasteiger partial charge in [0.2, 0.25) is 5.91 Å². The number of hydrogen-bond acceptors (Lipinski definition) is 1. The Kier molecular flexibility index (Phi) is 5.05.